The Morgan fingerprint density at radius 3 is 2.90 bits per heavy atom. The van der Waals surface area contributed by atoms with Crippen LogP contribution in [0, 0.1) is 5.82 Å². The molecule has 1 aromatic carbocycles. The summed E-state index contributed by atoms with van der Waals surface area (Å²) in [6.07, 6.45) is 4.48. The van der Waals surface area contributed by atoms with E-state index in [1.807, 2.05) is 4.57 Å². The molecular weight excluding hydrogens is 399 g/mol. The normalized spacial score (nSPS) is 12.6. The molecule has 0 amide bonds. The summed E-state index contributed by atoms with van der Waals surface area (Å²) >= 11 is 0. The average Bonchev–Trinajstić information content (AvgIpc) is 3.26. The van der Waals surface area contributed by atoms with Gasteiger partial charge in [-0.3, -0.25) is 0 Å². The van der Waals surface area contributed by atoms with Crippen LogP contribution in [0.2, 0.25) is 6.04 Å². The van der Waals surface area contributed by atoms with Crippen molar-refractivity contribution in [3.05, 3.63) is 42.3 Å². The molecule has 0 unspecified atom stereocenters. The lowest BCUT2D eigenvalue weighted by Crippen LogP contribution is -2.27. The number of hydrogen-bond acceptors (Lipinski definition) is 7. The van der Waals surface area contributed by atoms with Gasteiger partial charge in [0, 0.05) is 43.7 Å². The van der Waals surface area contributed by atoms with Crippen molar-refractivity contribution in [2.24, 2.45) is 0 Å². The number of furan rings is 1. The zero-order valence-electron chi connectivity index (χ0n) is 16.2. The van der Waals surface area contributed by atoms with Gasteiger partial charge in [-0.1, -0.05) is 0 Å². The minimum absolute atomic E-state index is 0.119. The van der Waals surface area contributed by atoms with Crippen LogP contribution < -0.4 is 0 Å². The second-order valence-corrected chi connectivity index (χ2v) is 8.34. The van der Waals surface area contributed by atoms with Crippen molar-refractivity contribution in [1.29, 1.82) is 0 Å². The minimum Gasteiger partial charge on any atom is -0.464 e. The van der Waals surface area contributed by atoms with Gasteiger partial charge in [0.25, 0.3) is 5.97 Å². The highest BCUT2D eigenvalue weighted by Gasteiger charge is 2.17. The van der Waals surface area contributed by atoms with Gasteiger partial charge < -0.3 is 33.5 Å². The van der Waals surface area contributed by atoms with Gasteiger partial charge in [0.2, 0.25) is 0 Å². The summed E-state index contributed by atoms with van der Waals surface area (Å²) in [4.78, 5) is 4.58. The van der Waals surface area contributed by atoms with Crippen molar-refractivity contribution in [3.8, 4) is 11.3 Å². The van der Waals surface area contributed by atoms with Gasteiger partial charge in [-0.25, -0.2) is 9.37 Å². The van der Waals surface area contributed by atoms with E-state index in [0.717, 1.165) is 5.82 Å². The summed E-state index contributed by atoms with van der Waals surface area (Å²) in [6, 6.07) is 5.25. The standard InChI is InChI=1S/C19H25FN2O6Si/c1-26-12-22-11-16(14-10-17-13(4-7-27-17)9-15(14)20)21-18(22)3-2-6-28-29-8-5-19(23,24)25/h4,7,9-11,23-25H,2-3,5-6,8,12,29H2,1H3. The Morgan fingerprint density at radius 2 is 2.14 bits per heavy atom. The molecule has 0 aliphatic heterocycles. The molecule has 0 saturated carbocycles. The van der Waals surface area contributed by atoms with Crippen LogP contribution in [0.25, 0.3) is 22.2 Å². The van der Waals surface area contributed by atoms with Crippen molar-refractivity contribution in [2.75, 3.05) is 13.7 Å². The number of aryl methyl sites for hydroxylation is 1. The lowest BCUT2D eigenvalue weighted by atomic mass is 10.1. The number of halogens is 1. The number of ether oxygens (including phenoxy) is 1. The van der Waals surface area contributed by atoms with E-state index in [4.69, 9.17) is 28.9 Å². The Bertz CT molecular complexity index is 937. The van der Waals surface area contributed by atoms with E-state index >= 15 is 0 Å². The minimum atomic E-state index is -2.62. The van der Waals surface area contributed by atoms with E-state index < -0.39 is 15.7 Å². The molecule has 3 aromatic rings. The predicted molar refractivity (Wildman–Crippen MR) is 106 cm³/mol. The molecular formula is C19H25FN2O6Si. The molecule has 29 heavy (non-hydrogen) atoms. The highest BCUT2D eigenvalue weighted by atomic mass is 28.2. The van der Waals surface area contributed by atoms with Gasteiger partial charge in [-0.05, 0) is 30.7 Å². The molecule has 2 aromatic heterocycles. The van der Waals surface area contributed by atoms with E-state index in [2.05, 4.69) is 4.98 Å². The Hall–Kier alpha value is -2.08. The molecule has 3 N–H and O–H groups in total. The number of benzene rings is 1. The number of fused-ring (bicyclic) bond motifs is 1. The first-order valence-corrected chi connectivity index (χ1v) is 10.9. The number of nitrogens with zero attached hydrogens (tertiary/aromatic N) is 2. The molecule has 0 radical (unpaired) electrons. The van der Waals surface area contributed by atoms with Crippen LogP contribution in [0.4, 0.5) is 4.39 Å². The van der Waals surface area contributed by atoms with E-state index in [1.54, 1.807) is 25.4 Å². The Balaban J connectivity index is 1.62. The van der Waals surface area contributed by atoms with Gasteiger partial charge in [0.05, 0.1) is 12.0 Å². The summed E-state index contributed by atoms with van der Waals surface area (Å²) in [5.41, 5.74) is 1.47. The number of methoxy groups -OCH3 is 1. The molecule has 10 heteroatoms. The van der Waals surface area contributed by atoms with Gasteiger partial charge in [0.1, 0.15) is 24.0 Å². The fourth-order valence-electron chi connectivity index (χ4n) is 3.06. The van der Waals surface area contributed by atoms with Gasteiger partial charge in [-0.15, -0.1) is 0 Å². The molecule has 0 fully saturated rings. The lowest BCUT2D eigenvalue weighted by molar-refractivity contribution is -0.312. The molecule has 0 spiro atoms. The average molecular weight is 425 g/mol. The first kappa shape index (κ1) is 21.6. The zero-order chi connectivity index (χ0) is 20.9. The number of hydrogen-bond donors (Lipinski definition) is 3. The summed E-state index contributed by atoms with van der Waals surface area (Å²) in [5.74, 6) is -2.23. The fraction of sp³-hybridized carbons (Fsp3) is 0.421. The maximum atomic E-state index is 14.5. The number of imidazole rings is 1. The third-order valence-corrected chi connectivity index (χ3v) is 5.65. The largest absolute Gasteiger partial charge is 0.464 e. The van der Waals surface area contributed by atoms with Gasteiger partial charge in [0.15, 0.2) is 9.76 Å². The van der Waals surface area contributed by atoms with E-state index in [0.29, 0.717) is 54.5 Å². The Morgan fingerprint density at radius 1 is 1.31 bits per heavy atom. The van der Waals surface area contributed by atoms with Crippen molar-refractivity contribution in [1.82, 2.24) is 9.55 Å². The summed E-state index contributed by atoms with van der Waals surface area (Å²) in [6.45, 7) is 0.803. The van der Waals surface area contributed by atoms with E-state index in [1.165, 1.54) is 12.3 Å². The van der Waals surface area contributed by atoms with Crippen LogP contribution in [0.5, 0.6) is 0 Å². The number of rotatable bonds is 11. The first-order chi connectivity index (χ1) is 13.9. The second-order valence-electron chi connectivity index (χ2n) is 6.81. The molecule has 8 nitrogen and oxygen atoms in total. The van der Waals surface area contributed by atoms with Crippen LogP contribution in [-0.4, -0.2) is 54.3 Å². The lowest BCUT2D eigenvalue weighted by Gasteiger charge is -2.13. The van der Waals surface area contributed by atoms with Crippen LogP contribution in [0.15, 0.2) is 35.1 Å². The third kappa shape index (κ3) is 5.95. The Labute approximate surface area is 169 Å². The molecule has 0 atom stereocenters. The monoisotopic (exact) mass is 424 g/mol. The topological polar surface area (TPSA) is 110 Å². The highest BCUT2D eigenvalue weighted by Crippen LogP contribution is 2.28. The van der Waals surface area contributed by atoms with Crippen LogP contribution in [-0.2, 0) is 22.3 Å². The molecule has 0 aliphatic carbocycles. The molecule has 0 bridgehead atoms. The highest BCUT2D eigenvalue weighted by molar-refractivity contribution is 6.27. The Kier molecular flexibility index (Phi) is 7.17. The smallest absolute Gasteiger partial charge is 0.275 e. The van der Waals surface area contributed by atoms with Crippen LogP contribution in [0.3, 0.4) is 0 Å². The molecule has 0 aliphatic rings. The third-order valence-electron chi connectivity index (χ3n) is 4.44. The van der Waals surface area contributed by atoms with Gasteiger partial charge >= 0.3 is 0 Å². The quantitative estimate of drug-likeness (QED) is 0.243. The van der Waals surface area contributed by atoms with E-state index in [9.17, 15) is 4.39 Å². The molecule has 3 rings (SSSR count). The molecule has 158 valence electrons. The summed E-state index contributed by atoms with van der Waals surface area (Å²) in [5, 5.41) is 27.2. The van der Waals surface area contributed by atoms with Crippen molar-refractivity contribution in [2.45, 2.75) is 38.0 Å². The van der Waals surface area contributed by atoms with Crippen molar-refractivity contribution >= 4 is 20.7 Å². The maximum Gasteiger partial charge on any atom is 0.275 e. The van der Waals surface area contributed by atoms with Crippen molar-refractivity contribution < 1.29 is 33.3 Å². The summed E-state index contributed by atoms with van der Waals surface area (Å²) < 4.78 is 32.5. The SMILES string of the molecule is COCn1cc(-c2cc3occc3cc2F)nc1CCCO[SiH2]CCC(O)(O)O. The van der Waals surface area contributed by atoms with Crippen molar-refractivity contribution in [3.63, 3.8) is 0 Å². The molecule has 2 heterocycles. The predicted octanol–water partition coefficient (Wildman–Crippen LogP) is 1.51. The van der Waals surface area contributed by atoms with Crippen LogP contribution in [0.1, 0.15) is 18.7 Å². The van der Waals surface area contributed by atoms with Gasteiger partial charge in [-0.2, -0.15) is 0 Å². The maximum absolute atomic E-state index is 14.5. The fourth-order valence-corrected chi connectivity index (χ4v) is 4.29. The van der Waals surface area contributed by atoms with Crippen LogP contribution >= 0.6 is 0 Å². The molecule has 0 saturated heterocycles. The first-order valence-electron chi connectivity index (χ1n) is 9.34. The zero-order valence-corrected chi connectivity index (χ0v) is 17.6. The second kappa shape index (κ2) is 9.61. The summed E-state index contributed by atoms with van der Waals surface area (Å²) in [7, 11) is 0.644. The number of aromatic nitrogens is 2. The van der Waals surface area contributed by atoms with E-state index in [-0.39, 0.29) is 12.2 Å². The number of aliphatic hydroxyl groups is 3.